The van der Waals surface area contributed by atoms with Crippen LogP contribution in [0.1, 0.15) is 12.8 Å². The molecule has 1 aliphatic heterocycles. The van der Waals surface area contributed by atoms with Crippen LogP contribution in [0.2, 0.25) is 0 Å². The highest BCUT2D eigenvalue weighted by atomic mass is 35.7. The highest BCUT2D eigenvalue weighted by molar-refractivity contribution is 5.83. The summed E-state index contributed by atoms with van der Waals surface area (Å²) in [4.78, 5) is 4.17. The van der Waals surface area contributed by atoms with Crippen LogP contribution >= 0.6 is 0 Å². The van der Waals surface area contributed by atoms with E-state index in [0.717, 1.165) is 25.2 Å². The molecule has 14 heavy (non-hydrogen) atoms. The van der Waals surface area contributed by atoms with Gasteiger partial charge in [0.05, 0.1) is 27.3 Å². The molecule has 1 aliphatic rings. The van der Waals surface area contributed by atoms with Crippen molar-refractivity contribution in [3.8, 4) is 0 Å². The zero-order valence-electron chi connectivity index (χ0n) is 7.48. The van der Waals surface area contributed by atoms with Gasteiger partial charge < -0.3 is 10.4 Å². The van der Waals surface area contributed by atoms with E-state index in [9.17, 15) is 0 Å². The van der Waals surface area contributed by atoms with Crippen LogP contribution in [0.3, 0.4) is 0 Å². The van der Waals surface area contributed by atoms with Crippen molar-refractivity contribution in [2.45, 2.75) is 12.8 Å². The third kappa shape index (κ3) is 11.6. The van der Waals surface area contributed by atoms with Gasteiger partial charge in [0.2, 0.25) is 0 Å². The molecule has 0 saturated carbocycles. The van der Waals surface area contributed by atoms with E-state index < -0.39 is 10.2 Å². The molecule has 1 heterocycles. The van der Waals surface area contributed by atoms with Crippen molar-refractivity contribution in [1.82, 2.24) is 5.32 Å². The van der Waals surface area contributed by atoms with Crippen molar-refractivity contribution in [3.63, 3.8) is 0 Å². The summed E-state index contributed by atoms with van der Waals surface area (Å²) >= 11 is 0. The Hall–Kier alpha value is -0.440. The Morgan fingerprint density at radius 1 is 1.43 bits per heavy atom. The number of aliphatic imine (C=N–C) groups is 1. The highest BCUT2D eigenvalue weighted by Gasteiger charge is 2.03. The molecule has 0 atom stereocenters. The number of nitrogens with one attached hydrogen (secondary N) is 1. The second-order valence-corrected chi connectivity index (χ2v) is 3.27. The number of nitrogens with zero attached hydrogens (tertiary/aromatic N) is 1. The third-order valence-corrected chi connectivity index (χ3v) is 1.32. The molecule has 3 N–H and O–H groups in total. The maximum absolute atomic E-state index is 8.60. The summed E-state index contributed by atoms with van der Waals surface area (Å²) in [5, 5.41) is 11.4. The molecule has 0 amide bonds. The van der Waals surface area contributed by atoms with Crippen LogP contribution < -0.4 is 19.3 Å². The molecule has 84 valence electrons. The number of aliphatic hydroxyl groups is 1. The van der Waals surface area contributed by atoms with Gasteiger partial charge in [-0.1, -0.05) is 0 Å². The van der Waals surface area contributed by atoms with E-state index >= 15 is 0 Å². The molecule has 0 aromatic carbocycles. The van der Waals surface area contributed by atoms with Gasteiger partial charge in [-0.15, -0.1) is 0 Å². The van der Waals surface area contributed by atoms with Crippen LogP contribution in [0.25, 0.3) is 0 Å². The van der Waals surface area contributed by atoms with E-state index in [1.165, 1.54) is 0 Å². The Kier molecular flexibility index (Phi) is 6.71. The number of halogens is 1. The van der Waals surface area contributed by atoms with Crippen molar-refractivity contribution < 1.29 is 34.0 Å². The standard InChI is InChI=1S/C6H12N2O.ClHO4/c9-5-4-8-6-2-1-3-7-6;2-1(3,4)5/h9H,1-5H2,(H,7,8);(H,2,3,4,5). The normalized spacial score (nSPS) is 15.6. The molecule has 0 spiro atoms. The Labute approximate surface area is 83.4 Å². The van der Waals surface area contributed by atoms with Crippen molar-refractivity contribution in [2.75, 3.05) is 19.7 Å². The van der Waals surface area contributed by atoms with Crippen LogP contribution in [-0.4, -0.2) is 35.3 Å². The monoisotopic (exact) mass is 228 g/mol. The summed E-state index contributed by atoms with van der Waals surface area (Å²) in [6.45, 7) is 1.78. The van der Waals surface area contributed by atoms with E-state index in [4.69, 9.17) is 23.7 Å². The smallest absolute Gasteiger partial charge is 0.0964 e. The first-order valence-electron chi connectivity index (χ1n) is 3.95. The molecule has 0 fully saturated rings. The van der Waals surface area contributed by atoms with Gasteiger partial charge in [0.1, 0.15) is 0 Å². The van der Waals surface area contributed by atoms with Gasteiger partial charge in [0.25, 0.3) is 0 Å². The van der Waals surface area contributed by atoms with Gasteiger partial charge in [-0.05, 0) is 6.42 Å². The van der Waals surface area contributed by atoms with Gasteiger partial charge in [0.15, 0.2) is 0 Å². The van der Waals surface area contributed by atoms with Crippen molar-refractivity contribution >= 4 is 5.84 Å². The zero-order valence-corrected chi connectivity index (χ0v) is 8.24. The molecule has 1 rings (SSSR count). The number of aliphatic hydroxyl groups excluding tert-OH is 1. The molecular weight excluding hydrogens is 216 g/mol. The summed E-state index contributed by atoms with van der Waals surface area (Å²) in [6.07, 6.45) is 2.22. The first-order valence-corrected chi connectivity index (χ1v) is 5.21. The van der Waals surface area contributed by atoms with Crippen LogP contribution in [-0.2, 0) is 0 Å². The first-order chi connectivity index (χ1) is 6.43. The summed E-state index contributed by atoms with van der Waals surface area (Å²) in [5.41, 5.74) is 0. The van der Waals surface area contributed by atoms with Gasteiger partial charge >= 0.3 is 0 Å². The maximum Gasteiger partial charge on any atom is 0.0964 e. The fourth-order valence-electron chi connectivity index (χ4n) is 0.884. The van der Waals surface area contributed by atoms with Crippen LogP contribution in [0.5, 0.6) is 0 Å². The molecule has 0 aromatic heterocycles. The summed E-state index contributed by atoms with van der Waals surface area (Å²) in [7, 11) is -4.69. The molecule has 7 nitrogen and oxygen atoms in total. The SMILES string of the molecule is OCCNC1=NCCC1.[O-][Cl+3]([O-])([O-])O. The van der Waals surface area contributed by atoms with E-state index in [0.29, 0.717) is 6.54 Å². The summed E-state index contributed by atoms with van der Waals surface area (Å²) < 4.78 is 32.7. The molecule has 0 aromatic rings. The largest absolute Gasteiger partial charge is 0.395 e. The van der Waals surface area contributed by atoms with Crippen LogP contribution in [0.4, 0.5) is 0 Å². The third-order valence-electron chi connectivity index (χ3n) is 1.32. The van der Waals surface area contributed by atoms with E-state index in [1.807, 2.05) is 0 Å². The van der Waals surface area contributed by atoms with Crippen molar-refractivity contribution in [1.29, 1.82) is 0 Å². The minimum absolute atomic E-state index is 0.193. The van der Waals surface area contributed by atoms with Crippen LogP contribution in [0, 0.1) is 10.2 Å². The number of amidine groups is 1. The second kappa shape index (κ2) is 6.93. The topological polar surface area (TPSA) is 134 Å². The van der Waals surface area contributed by atoms with Gasteiger partial charge in [-0.2, -0.15) is 14.0 Å². The Bertz CT molecular complexity index is 176. The fraction of sp³-hybridized carbons (Fsp3) is 0.833. The lowest BCUT2D eigenvalue weighted by Crippen LogP contribution is -2.58. The minimum atomic E-state index is -4.69. The lowest BCUT2D eigenvalue weighted by molar-refractivity contribution is -1.92. The van der Waals surface area contributed by atoms with E-state index in [2.05, 4.69) is 10.3 Å². The Morgan fingerprint density at radius 3 is 2.36 bits per heavy atom. The maximum atomic E-state index is 8.60. The molecular formula is C6H13ClN2O5. The van der Waals surface area contributed by atoms with E-state index in [-0.39, 0.29) is 6.61 Å². The summed E-state index contributed by atoms with van der Waals surface area (Å²) in [5.74, 6) is 1.06. The average molecular weight is 229 g/mol. The first kappa shape index (κ1) is 13.6. The molecule has 0 bridgehead atoms. The number of rotatable bonds is 2. The Balaban J connectivity index is 0.000000292. The van der Waals surface area contributed by atoms with Crippen molar-refractivity contribution in [3.05, 3.63) is 0 Å². The second-order valence-electron chi connectivity index (χ2n) is 2.48. The molecule has 0 aliphatic carbocycles. The van der Waals surface area contributed by atoms with Gasteiger partial charge in [-0.25, -0.2) is 0 Å². The Morgan fingerprint density at radius 2 is 2.00 bits per heavy atom. The quantitative estimate of drug-likeness (QED) is 0.437. The highest BCUT2D eigenvalue weighted by Crippen LogP contribution is 1.99. The van der Waals surface area contributed by atoms with Gasteiger partial charge in [0, 0.05) is 19.5 Å². The molecule has 0 radical (unpaired) electrons. The molecule has 8 heteroatoms. The van der Waals surface area contributed by atoms with E-state index in [1.54, 1.807) is 0 Å². The number of hydrogen-bond donors (Lipinski definition) is 3. The lowest BCUT2D eigenvalue weighted by Gasteiger charge is -2.03. The minimum Gasteiger partial charge on any atom is -0.395 e. The lowest BCUT2D eigenvalue weighted by atomic mass is 10.3. The van der Waals surface area contributed by atoms with Crippen molar-refractivity contribution in [2.24, 2.45) is 4.99 Å². The average Bonchev–Trinajstić information content (AvgIpc) is 2.49. The molecule has 0 unspecified atom stereocenters. The predicted molar refractivity (Wildman–Crippen MR) is 38.8 cm³/mol. The zero-order chi connectivity index (χ0) is 11.0. The number of hydrogen-bond acceptors (Lipinski definition) is 7. The van der Waals surface area contributed by atoms with Gasteiger partial charge in [-0.3, -0.25) is 4.99 Å². The molecule has 0 saturated heterocycles. The predicted octanol–water partition coefficient (Wildman–Crippen LogP) is -4.36. The van der Waals surface area contributed by atoms with Crippen LogP contribution in [0.15, 0.2) is 4.99 Å². The summed E-state index contributed by atoms with van der Waals surface area (Å²) in [6, 6.07) is 0. The fourth-order valence-corrected chi connectivity index (χ4v) is 0.884.